The van der Waals surface area contributed by atoms with E-state index in [1.165, 1.54) is 0 Å². The number of ether oxygens (including phenoxy) is 1. The number of carbonyl (C=O) groups is 1. The standard InChI is InChI=1S/C11H23NO2/c1-4-8-12(6-3)11(13)7-10-14-9-5-2/h4-10H2,1-3H3. The second kappa shape index (κ2) is 9.00. The van der Waals surface area contributed by atoms with E-state index in [0.717, 1.165) is 32.5 Å². The van der Waals surface area contributed by atoms with Crippen molar-refractivity contribution >= 4 is 5.91 Å². The monoisotopic (exact) mass is 201 g/mol. The highest BCUT2D eigenvalue weighted by molar-refractivity contribution is 5.76. The average Bonchev–Trinajstić information content (AvgIpc) is 2.20. The maximum Gasteiger partial charge on any atom is 0.224 e. The highest BCUT2D eigenvalue weighted by Crippen LogP contribution is 1.97. The highest BCUT2D eigenvalue weighted by Gasteiger charge is 2.09. The van der Waals surface area contributed by atoms with Crippen LogP contribution in [0.3, 0.4) is 0 Å². The molecule has 0 aromatic heterocycles. The van der Waals surface area contributed by atoms with E-state index in [1.807, 2.05) is 11.8 Å². The van der Waals surface area contributed by atoms with Gasteiger partial charge in [-0.2, -0.15) is 0 Å². The van der Waals surface area contributed by atoms with Crippen LogP contribution in [0, 0.1) is 0 Å². The Bertz CT molecular complexity index is 148. The zero-order valence-electron chi connectivity index (χ0n) is 9.71. The van der Waals surface area contributed by atoms with Crippen molar-refractivity contribution in [1.82, 2.24) is 4.90 Å². The van der Waals surface area contributed by atoms with Crippen LogP contribution in [0.15, 0.2) is 0 Å². The molecule has 0 atom stereocenters. The molecule has 3 heteroatoms. The van der Waals surface area contributed by atoms with Gasteiger partial charge in [-0.15, -0.1) is 0 Å². The molecule has 0 bridgehead atoms. The summed E-state index contributed by atoms with van der Waals surface area (Å²) in [6.07, 6.45) is 2.56. The average molecular weight is 201 g/mol. The SMILES string of the molecule is CCCOCCC(=O)N(CC)CCC. The maximum absolute atomic E-state index is 11.6. The lowest BCUT2D eigenvalue weighted by Crippen LogP contribution is -2.32. The second-order valence-corrected chi connectivity index (χ2v) is 3.34. The minimum absolute atomic E-state index is 0.213. The molecule has 1 amide bonds. The van der Waals surface area contributed by atoms with Gasteiger partial charge in [-0.1, -0.05) is 13.8 Å². The van der Waals surface area contributed by atoms with Crippen LogP contribution < -0.4 is 0 Å². The molecule has 0 aliphatic heterocycles. The van der Waals surface area contributed by atoms with Crippen molar-refractivity contribution in [2.24, 2.45) is 0 Å². The maximum atomic E-state index is 11.6. The lowest BCUT2D eigenvalue weighted by atomic mass is 10.3. The van der Waals surface area contributed by atoms with Gasteiger partial charge in [-0.05, 0) is 19.8 Å². The summed E-state index contributed by atoms with van der Waals surface area (Å²) < 4.78 is 5.28. The highest BCUT2D eigenvalue weighted by atomic mass is 16.5. The summed E-state index contributed by atoms with van der Waals surface area (Å²) in [5.74, 6) is 0.213. The Kier molecular flexibility index (Phi) is 8.64. The van der Waals surface area contributed by atoms with E-state index in [-0.39, 0.29) is 5.91 Å². The fourth-order valence-corrected chi connectivity index (χ4v) is 1.29. The summed E-state index contributed by atoms with van der Waals surface area (Å²) in [7, 11) is 0. The number of hydrogen-bond acceptors (Lipinski definition) is 2. The first-order valence-electron chi connectivity index (χ1n) is 5.61. The van der Waals surface area contributed by atoms with E-state index in [4.69, 9.17) is 4.74 Å². The lowest BCUT2D eigenvalue weighted by molar-refractivity contribution is -0.132. The molecule has 0 saturated carbocycles. The van der Waals surface area contributed by atoms with Gasteiger partial charge >= 0.3 is 0 Å². The van der Waals surface area contributed by atoms with Crippen molar-refractivity contribution in [3.8, 4) is 0 Å². The lowest BCUT2D eigenvalue weighted by Gasteiger charge is -2.19. The topological polar surface area (TPSA) is 29.5 Å². The van der Waals surface area contributed by atoms with Crippen molar-refractivity contribution in [2.75, 3.05) is 26.3 Å². The Morgan fingerprint density at radius 1 is 1.14 bits per heavy atom. The predicted molar refractivity (Wildman–Crippen MR) is 58.3 cm³/mol. The zero-order valence-corrected chi connectivity index (χ0v) is 9.71. The summed E-state index contributed by atoms with van der Waals surface area (Å²) in [5, 5.41) is 0. The molecule has 0 spiro atoms. The van der Waals surface area contributed by atoms with Gasteiger partial charge in [0.05, 0.1) is 13.0 Å². The van der Waals surface area contributed by atoms with Crippen LogP contribution in [0.2, 0.25) is 0 Å². The molecule has 14 heavy (non-hydrogen) atoms. The molecule has 0 heterocycles. The first-order valence-corrected chi connectivity index (χ1v) is 5.61. The van der Waals surface area contributed by atoms with Crippen LogP contribution in [0.4, 0.5) is 0 Å². The number of rotatable bonds is 8. The molecule has 0 rings (SSSR count). The van der Waals surface area contributed by atoms with Crippen LogP contribution in [-0.2, 0) is 9.53 Å². The van der Waals surface area contributed by atoms with Crippen molar-refractivity contribution in [3.63, 3.8) is 0 Å². The molecule has 0 radical (unpaired) electrons. The Morgan fingerprint density at radius 2 is 1.86 bits per heavy atom. The Hall–Kier alpha value is -0.570. The van der Waals surface area contributed by atoms with Crippen molar-refractivity contribution in [2.45, 2.75) is 40.0 Å². The van der Waals surface area contributed by atoms with Crippen LogP contribution in [0.25, 0.3) is 0 Å². The van der Waals surface area contributed by atoms with Crippen molar-refractivity contribution in [3.05, 3.63) is 0 Å². The normalized spacial score (nSPS) is 10.2. The summed E-state index contributed by atoms with van der Waals surface area (Å²) >= 11 is 0. The zero-order chi connectivity index (χ0) is 10.8. The van der Waals surface area contributed by atoms with Crippen molar-refractivity contribution in [1.29, 1.82) is 0 Å². The van der Waals surface area contributed by atoms with E-state index < -0.39 is 0 Å². The summed E-state index contributed by atoms with van der Waals surface area (Å²) in [6, 6.07) is 0. The molecular formula is C11H23NO2. The quantitative estimate of drug-likeness (QED) is 0.563. The number of nitrogens with zero attached hydrogens (tertiary/aromatic N) is 1. The third kappa shape index (κ3) is 5.97. The fourth-order valence-electron chi connectivity index (χ4n) is 1.29. The third-order valence-corrected chi connectivity index (χ3v) is 2.04. The molecule has 0 aliphatic rings. The molecule has 0 N–H and O–H groups in total. The van der Waals surface area contributed by atoms with E-state index in [0.29, 0.717) is 13.0 Å². The van der Waals surface area contributed by atoms with Crippen LogP contribution in [0.1, 0.15) is 40.0 Å². The molecule has 0 aromatic rings. The minimum atomic E-state index is 0.213. The Labute approximate surface area is 87.4 Å². The van der Waals surface area contributed by atoms with Crippen LogP contribution >= 0.6 is 0 Å². The molecule has 0 unspecified atom stereocenters. The van der Waals surface area contributed by atoms with Gasteiger partial charge in [0, 0.05) is 19.7 Å². The van der Waals surface area contributed by atoms with Crippen LogP contribution in [-0.4, -0.2) is 37.1 Å². The molecule has 3 nitrogen and oxygen atoms in total. The Balaban J connectivity index is 3.58. The van der Waals surface area contributed by atoms with Crippen LogP contribution in [0.5, 0.6) is 0 Å². The largest absolute Gasteiger partial charge is 0.381 e. The van der Waals surface area contributed by atoms with Gasteiger partial charge in [0.25, 0.3) is 0 Å². The number of hydrogen-bond donors (Lipinski definition) is 0. The van der Waals surface area contributed by atoms with E-state index in [9.17, 15) is 4.79 Å². The third-order valence-electron chi connectivity index (χ3n) is 2.04. The summed E-state index contributed by atoms with van der Waals surface area (Å²) in [6.45, 7) is 9.16. The second-order valence-electron chi connectivity index (χ2n) is 3.34. The van der Waals surface area contributed by atoms with E-state index >= 15 is 0 Å². The first-order chi connectivity index (χ1) is 6.76. The van der Waals surface area contributed by atoms with Gasteiger partial charge in [-0.25, -0.2) is 0 Å². The van der Waals surface area contributed by atoms with E-state index in [1.54, 1.807) is 0 Å². The number of amides is 1. The smallest absolute Gasteiger partial charge is 0.224 e. The number of carbonyl (C=O) groups excluding carboxylic acids is 1. The molecule has 0 saturated heterocycles. The van der Waals surface area contributed by atoms with E-state index in [2.05, 4.69) is 13.8 Å². The summed E-state index contributed by atoms with van der Waals surface area (Å²) in [4.78, 5) is 13.5. The molecule has 0 fully saturated rings. The summed E-state index contributed by atoms with van der Waals surface area (Å²) in [5.41, 5.74) is 0. The predicted octanol–water partition coefficient (Wildman–Crippen LogP) is 2.06. The molecule has 84 valence electrons. The van der Waals surface area contributed by atoms with Gasteiger partial charge in [-0.3, -0.25) is 4.79 Å². The molecule has 0 aliphatic carbocycles. The van der Waals surface area contributed by atoms with Gasteiger partial charge in [0.15, 0.2) is 0 Å². The Morgan fingerprint density at radius 3 is 2.36 bits per heavy atom. The molecular weight excluding hydrogens is 178 g/mol. The van der Waals surface area contributed by atoms with Gasteiger partial charge in [0.1, 0.15) is 0 Å². The fraction of sp³-hybridized carbons (Fsp3) is 0.909. The van der Waals surface area contributed by atoms with Gasteiger partial charge in [0.2, 0.25) is 5.91 Å². The van der Waals surface area contributed by atoms with Crippen molar-refractivity contribution < 1.29 is 9.53 Å². The minimum Gasteiger partial charge on any atom is -0.381 e. The van der Waals surface area contributed by atoms with Gasteiger partial charge < -0.3 is 9.64 Å². The first kappa shape index (κ1) is 13.4. The molecule has 0 aromatic carbocycles.